The van der Waals surface area contributed by atoms with Crippen LogP contribution in [-0.2, 0) is 9.47 Å². The third-order valence-corrected chi connectivity index (χ3v) is 7.28. The van der Waals surface area contributed by atoms with Gasteiger partial charge in [0.05, 0.1) is 16.7 Å². The summed E-state index contributed by atoms with van der Waals surface area (Å²) in [5.41, 5.74) is 0.747. The molecule has 36 heavy (non-hydrogen) atoms. The molecule has 1 aromatic heterocycles. The molecule has 9 nitrogen and oxygen atoms in total. The van der Waals surface area contributed by atoms with Gasteiger partial charge in [-0.2, -0.15) is 5.26 Å². The number of rotatable bonds is 8. The molecule has 2 aromatic rings. The summed E-state index contributed by atoms with van der Waals surface area (Å²) < 4.78 is 16.8. The fraction of sp³-hybridized carbons (Fsp3) is 0.538. The molecule has 1 aromatic carbocycles. The van der Waals surface area contributed by atoms with Crippen molar-refractivity contribution in [3.05, 3.63) is 46.6 Å². The lowest BCUT2D eigenvalue weighted by molar-refractivity contribution is -0.141. The SMILES string of the molecule is COC(OC)C1CCN(c2ccc(C(=O)NC3CCC(Oc4ccc(C#N)c(Cl)c4)CC3)nn2)CC1. The average Bonchev–Trinajstić information content (AvgIpc) is 2.91. The first-order chi connectivity index (χ1) is 17.5. The van der Waals surface area contributed by atoms with E-state index >= 15 is 0 Å². The molecule has 0 spiro atoms. The van der Waals surface area contributed by atoms with Crippen molar-refractivity contribution in [1.82, 2.24) is 15.5 Å². The molecule has 2 fully saturated rings. The van der Waals surface area contributed by atoms with Gasteiger partial charge in [-0.3, -0.25) is 4.79 Å². The number of amides is 1. The van der Waals surface area contributed by atoms with Gasteiger partial charge in [0.1, 0.15) is 11.8 Å². The number of nitrogens with zero attached hydrogens (tertiary/aromatic N) is 4. The molecule has 0 atom stereocenters. The molecule has 2 heterocycles. The molecule has 192 valence electrons. The van der Waals surface area contributed by atoms with Crippen LogP contribution in [0.3, 0.4) is 0 Å². The van der Waals surface area contributed by atoms with E-state index in [-0.39, 0.29) is 24.3 Å². The van der Waals surface area contributed by atoms with Crippen molar-refractivity contribution in [3.8, 4) is 11.8 Å². The van der Waals surface area contributed by atoms with Gasteiger partial charge in [0.15, 0.2) is 17.8 Å². The summed E-state index contributed by atoms with van der Waals surface area (Å²) in [6.07, 6.45) is 5.01. The topological polar surface area (TPSA) is 110 Å². The molecule has 2 aliphatic rings. The molecule has 1 N–H and O–H groups in total. The lowest BCUT2D eigenvalue weighted by atomic mass is 9.93. The van der Waals surface area contributed by atoms with E-state index in [2.05, 4.69) is 20.4 Å². The lowest BCUT2D eigenvalue weighted by Crippen LogP contribution is -2.40. The molecule has 10 heteroatoms. The van der Waals surface area contributed by atoms with Gasteiger partial charge in [0.25, 0.3) is 5.91 Å². The maximum atomic E-state index is 12.7. The molecule has 1 saturated carbocycles. The number of anilines is 1. The maximum absolute atomic E-state index is 12.7. The van der Waals surface area contributed by atoms with Gasteiger partial charge in [-0.25, -0.2) is 0 Å². The molecular weight excluding hydrogens is 482 g/mol. The summed E-state index contributed by atoms with van der Waals surface area (Å²) in [6.45, 7) is 1.68. The van der Waals surface area contributed by atoms with Gasteiger partial charge >= 0.3 is 0 Å². The Hall–Kier alpha value is -2.93. The zero-order valence-corrected chi connectivity index (χ0v) is 21.4. The Morgan fingerprint density at radius 2 is 1.81 bits per heavy atom. The van der Waals surface area contributed by atoms with Crippen molar-refractivity contribution in [2.75, 3.05) is 32.2 Å². The average molecular weight is 514 g/mol. The third-order valence-electron chi connectivity index (χ3n) is 6.97. The second-order valence-electron chi connectivity index (χ2n) is 9.26. The number of piperidine rings is 1. The number of nitriles is 1. The van der Waals surface area contributed by atoms with E-state index in [0.717, 1.165) is 57.4 Å². The Bertz CT molecular complexity index is 1060. The summed E-state index contributed by atoms with van der Waals surface area (Å²) >= 11 is 6.09. The molecule has 1 amide bonds. The van der Waals surface area contributed by atoms with Gasteiger partial charge in [-0.15, -0.1) is 10.2 Å². The lowest BCUT2D eigenvalue weighted by Gasteiger charge is -2.35. The minimum Gasteiger partial charge on any atom is -0.490 e. The van der Waals surface area contributed by atoms with Crippen LogP contribution in [0.2, 0.25) is 5.02 Å². The van der Waals surface area contributed by atoms with Crippen molar-refractivity contribution < 1.29 is 19.0 Å². The number of carbonyl (C=O) groups excluding carboxylic acids is 1. The number of hydrogen-bond donors (Lipinski definition) is 1. The van der Waals surface area contributed by atoms with E-state index in [1.807, 2.05) is 12.1 Å². The summed E-state index contributed by atoms with van der Waals surface area (Å²) in [4.78, 5) is 14.9. The van der Waals surface area contributed by atoms with Crippen LogP contribution in [-0.4, -0.2) is 61.8 Å². The first-order valence-electron chi connectivity index (χ1n) is 12.3. The summed E-state index contributed by atoms with van der Waals surface area (Å²) in [7, 11) is 3.34. The minimum absolute atomic E-state index is 0.0495. The Labute approximate surface area is 216 Å². The molecular formula is C26H32ClN5O4. The minimum atomic E-state index is -0.209. The van der Waals surface area contributed by atoms with Crippen LogP contribution in [0, 0.1) is 17.2 Å². The van der Waals surface area contributed by atoms with E-state index < -0.39 is 0 Å². The standard InChI is InChI=1S/C26H32ClN5O4/c1-34-26(35-2)17-11-13-32(14-12-17)24-10-9-23(30-31-24)25(33)29-19-4-7-20(8-5-19)36-21-6-3-18(16-28)22(27)15-21/h3,6,9-10,15,17,19-20,26H,4-5,7-8,11-14H2,1-2H3,(H,29,33). The van der Waals surface area contributed by atoms with Crippen molar-refractivity contribution in [2.24, 2.45) is 5.92 Å². The smallest absolute Gasteiger partial charge is 0.272 e. The highest BCUT2D eigenvalue weighted by molar-refractivity contribution is 6.31. The van der Waals surface area contributed by atoms with E-state index in [1.165, 1.54) is 0 Å². The summed E-state index contributed by atoms with van der Waals surface area (Å²) in [5.74, 6) is 1.58. The van der Waals surface area contributed by atoms with Crippen molar-refractivity contribution in [1.29, 1.82) is 5.26 Å². The number of hydrogen-bond acceptors (Lipinski definition) is 8. The van der Waals surface area contributed by atoms with Crippen LogP contribution in [0.5, 0.6) is 5.75 Å². The van der Waals surface area contributed by atoms with Crippen LogP contribution >= 0.6 is 11.6 Å². The molecule has 0 unspecified atom stereocenters. The molecule has 0 bridgehead atoms. The van der Waals surface area contributed by atoms with E-state index in [9.17, 15) is 4.79 Å². The van der Waals surface area contributed by atoms with Crippen molar-refractivity contribution in [3.63, 3.8) is 0 Å². The van der Waals surface area contributed by atoms with E-state index in [4.69, 9.17) is 31.1 Å². The predicted molar refractivity (Wildman–Crippen MR) is 135 cm³/mol. The van der Waals surface area contributed by atoms with Crippen LogP contribution in [0.4, 0.5) is 5.82 Å². The zero-order chi connectivity index (χ0) is 25.5. The summed E-state index contributed by atoms with van der Waals surface area (Å²) in [6, 6.07) is 10.8. The Morgan fingerprint density at radius 1 is 1.08 bits per heavy atom. The van der Waals surface area contributed by atoms with E-state index in [0.29, 0.717) is 27.9 Å². The maximum Gasteiger partial charge on any atom is 0.272 e. The highest BCUT2D eigenvalue weighted by Crippen LogP contribution is 2.28. The molecule has 0 radical (unpaired) electrons. The number of ether oxygens (including phenoxy) is 3. The number of halogens is 1. The number of aromatic nitrogens is 2. The third kappa shape index (κ3) is 6.44. The molecule has 4 rings (SSSR count). The van der Waals surface area contributed by atoms with E-state index in [1.54, 1.807) is 38.5 Å². The van der Waals surface area contributed by atoms with Crippen molar-refractivity contribution in [2.45, 2.75) is 57.0 Å². The first-order valence-corrected chi connectivity index (χ1v) is 12.7. The van der Waals surface area contributed by atoms with Gasteiger partial charge < -0.3 is 24.4 Å². The quantitative estimate of drug-likeness (QED) is 0.528. The van der Waals surface area contributed by atoms with Crippen LogP contribution in [0.25, 0.3) is 0 Å². The number of benzene rings is 1. The summed E-state index contributed by atoms with van der Waals surface area (Å²) in [5, 5.41) is 21.0. The largest absolute Gasteiger partial charge is 0.490 e. The van der Waals surface area contributed by atoms with Crippen LogP contribution < -0.4 is 15.0 Å². The molecule has 1 aliphatic heterocycles. The predicted octanol–water partition coefficient (Wildman–Crippen LogP) is 3.96. The number of carbonyl (C=O) groups is 1. The monoisotopic (exact) mass is 513 g/mol. The Kier molecular flexibility index (Phi) is 8.97. The normalized spacial score (nSPS) is 20.7. The zero-order valence-electron chi connectivity index (χ0n) is 20.7. The van der Waals surface area contributed by atoms with Gasteiger partial charge in [-0.1, -0.05) is 11.6 Å². The molecule has 1 saturated heterocycles. The Balaban J connectivity index is 1.22. The van der Waals surface area contributed by atoms with Crippen molar-refractivity contribution >= 4 is 23.3 Å². The first kappa shape index (κ1) is 26.1. The number of nitrogens with one attached hydrogen (secondary N) is 1. The van der Waals surface area contributed by atoms with Gasteiger partial charge in [-0.05, 0) is 62.8 Å². The highest BCUT2D eigenvalue weighted by atomic mass is 35.5. The van der Waals surface area contributed by atoms with Gasteiger partial charge in [0.2, 0.25) is 0 Å². The van der Waals surface area contributed by atoms with Crippen LogP contribution in [0.1, 0.15) is 54.6 Å². The number of methoxy groups -OCH3 is 2. The van der Waals surface area contributed by atoms with Crippen LogP contribution in [0.15, 0.2) is 30.3 Å². The molecule has 1 aliphatic carbocycles. The fourth-order valence-electron chi connectivity index (χ4n) is 4.93. The second kappa shape index (κ2) is 12.3. The van der Waals surface area contributed by atoms with Gasteiger partial charge in [0, 0.05) is 45.3 Å². The Morgan fingerprint density at radius 3 is 2.39 bits per heavy atom. The second-order valence-corrected chi connectivity index (χ2v) is 9.67. The fourth-order valence-corrected chi connectivity index (χ4v) is 5.15. The highest BCUT2D eigenvalue weighted by Gasteiger charge is 2.28.